The molecular weight excluding hydrogens is 456 g/mol. The summed E-state index contributed by atoms with van der Waals surface area (Å²) in [5.41, 5.74) is 2.25. The van der Waals surface area contributed by atoms with Crippen molar-refractivity contribution in [3.63, 3.8) is 0 Å². The molecule has 194 valence electrons. The van der Waals surface area contributed by atoms with Gasteiger partial charge in [-0.2, -0.15) is 0 Å². The minimum Gasteiger partial charge on any atom is -0.444 e. The first-order valence-corrected chi connectivity index (χ1v) is 12.7. The second-order valence-electron chi connectivity index (χ2n) is 10.1. The summed E-state index contributed by atoms with van der Waals surface area (Å²) < 4.78 is 5.40. The van der Waals surface area contributed by atoms with Gasteiger partial charge in [-0.15, -0.1) is 0 Å². The molecule has 1 fully saturated rings. The van der Waals surface area contributed by atoms with Crippen LogP contribution < -0.4 is 10.6 Å². The summed E-state index contributed by atoms with van der Waals surface area (Å²) in [6, 6.07) is 17.2. The Morgan fingerprint density at radius 2 is 1.39 bits per heavy atom. The van der Waals surface area contributed by atoms with E-state index in [9.17, 15) is 14.4 Å². The lowest BCUT2D eigenvalue weighted by Crippen LogP contribution is -2.52. The maximum Gasteiger partial charge on any atom is 0.410 e. The van der Waals surface area contributed by atoms with E-state index in [1.807, 2.05) is 75.4 Å². The number of ether oxygens (including phenoxy) is 1. The molecule has 1 aliphatic rings. The van der Waals surface area contributed by atoms with E-state index in [-0.39, 0.29) is 18.0 Å². The fourth-order valence-electron chi connectivity index (χ4n) is 3.91. The summed E-state index contributed by atoms with van der Waals surface area (Å²) in [7, 11) is 0. The van der Waals surface area contributed by atoms with Crippen molar-refractivity contribution in [2.75, 3.05) is 36.8 Å². The number of piperazine rings is 1. The number of rotatable bonds is 8. The molecule has 1 saturated heterocycles. The van der Waals surface area contributed by atoms with Crippen LogP contribution in [0.3, 0.4) is 0 Å². The number of carbonyl (C=O) groups is 3. The number of benzene rings is 2. The third kappa shape index (κ3) is 9.24. The van der Waals surface area contributed by atoms with Crippen molar-refractivity contribution in [1.29, 1.82) is 0 Å². The first kappa shape index (κ1) is 27.0. The molecule has 1 aliphatic heterocycles. The number of unbranched alkanes of at least 4 members (excludes halogenated alkanes) is 2. The molecule has 1 heterocycles. The van der Waals surface area contributed by atoms with Gasteiger partial charge in [0.05, 0.1) is 0 Å². The number of nitrogens with zero attached hydrogens (tertiary/aromatic N) is 2. The molecule has 0 aliphatic carbocycles. The molecule has 8 heteroatoms. The average molecular weight is 495 g/mol. The van der Waals surface area contributed by atoms with Crippen LogP contribution in [0.4, 0.5) is 21.0 Å². The summed E-state index contributed by atoms with van der Waals surface area (Å²) in [5.74, 6) is 0.0487. The van der Waals surface area contributed by atoms with Gasteiger partial charge in [0.25, 0.3) is 0 Å². The van der Waals surface area contributed by atoms with Crippen LogP contribution in [0.25, 0.3) is 0 Å². The van der Waals surface area contributed by atoms with Gasteiger partial charge in [0.15, 0.2) is 0 Å². The molecule has 2 N–H and O–H groups in total. The van der Waals surface area contributed by atoms with Crippen molar-refractivity contribution in [3.8, 4) is 0 Å². The number of urea groups is 1. The fourth-order valence-corrected chi connectivity index (χ4v) is 3.91. The van der Waals surface area contributed by atoms with Crippen molar-refractivity contribution >= 4 is 29.4 Å². The quantitative estimate of drug-likeness (QED) is 0.473. The van der Waals surface area contributed by atoms with Gasteiger partial charge in [-0.25, -0.2) is 9.59 Å². The number of anilines is 2. The van der Waals surface area contributed by atoms with Crippen molar-refractivity contribution in [2.45, 2.75) is 58.5 Å². The SMILES string of the molecule is CC(C)(C)OC(=O)N1CCN(C(=O)Nc2ccc(CCCCCC(=O)Nc3ccccc3)cc2)CC1. The summed E-state index contributed by atoms with van der Waals surface area (Å²) in [6.45, 7) is 7.36. The number of amides is 4. The Bertz CT molecular complexity index is 994. The maximum atomic E-state index is 12.6. The molecule has 3 rings (SSSR count). The van der Waals surface area contributed by atoms with E-state index in [0.29, 0.717) is 32.6 Å². The van der Waals surface area contributed by atoms with Crippen LogP contribution in [0, 0.1) is 0 Å². The maximum absolute atomic E-state index is 12.6. The highest BCUT2D eigenvalue weighted by atomic mass is 16.6. The molecule has 2 aromatic rings. The lowest BCUT2D eigenvalue weighted by atomic mass is 10.1. The van der Waals surface area contributed by atoms with Gasteiger partial charge in [-0.05, 0) is 69.9 Å². The number of carbonyl (C=O) groups excluding carboxylic acids is 3. The molecule has 8 nitrogen and oxygen atoms in total. The molecule has 0 radical (unpaired) electrons. The molecule has 4 amide bonds. The summed E-state index contributed by atoms with van der Waals surface area (Å²) >= 11 is 0. The van der Waals surface area contributed by atoms with Gasteiger partial charge in [0, 0.05) is 44.0 Å². The Kier molecular flexibility index (Phi) is 9.73. The van der Waals surface area contributed by atoms with Gasteiger partial charge in [-0.3, -0.25) is 4.79 Å². The highest BCUT2D eigenvalue weighted by Gasteiger charge is 2.27. The Morgan fingerprint density at radius 1 is 0.778 bits per heavy atom. The first-order chi connectivity index (χ1) is 17.2. The zero-order valence-electron chi connectivity index (χ0n) is 21.6. The Labute approximate surface area is 214 Å². The zero-order valence-corrected chi connectivity index (χ0v) is 21.6. The molecule has 0 atom stereocenters. The van der Waals surface area contributed by atoms with Gasteiger partial charge in [0.1, 0.15) is 5.60 Å². The van der Waals surface area contributed by atoms with Crippen molar-refractivity contribution in [3.05, 3.63) is 60.2 Å². The number of para-hydroxylation sites is 1. The van der Waals surface area contributed by atoms with Crippen LogP contribution in [0.5, 0.6) is 0 Å². The Morgan fingerprint density at radius 3 is 2.03 bits per heavy atom. The molecule has 2 aromatic carbocycles. The van der Waals surface area contributed by atoms with E-state index in [1.165, 1.54) is 5.56 Å². The minimum absolute atomic E-state index is 0.0487. The van der Waals surface area contributed by atoms with Crippen LogP contribution in [-0.4, -0.2) is 59.6 Å². The highest BCUT2D eigenvalue weighted by molar-refractivity contribution is 5.90. The molecule has 36 heavy (non-hydrogen) atoms. The smallest absolute Gasteiger partial charge is 0.410 e. The van der Waals surface area contributed by atoms with Gasteiger partial charge >= 0.3 is 12.1 Å². The first-order valence-electron chi connectivity index (χ1n) is 12.7. The normalized spacial score (nSPS) is 13.8. The van der Waals surface area contributed by atoms with Crippen LogP contribution in [-0.2, 0) is 16.0 Å². The van der Waals surface area contributed by atoms with E-state index in [2.05, 4.69) is 10.6 Å². The zero-order chi connectivity index (χ0) is 26.0. The minimum atomic E-state index is -0.531. The molecule has 0 spiro atoms. The fraction of sp³-hybridized carbons (Fsp3) is 0.464. The number of hydrogen-bond acceptors (Lipinski definition) is 4. The second-order valence-corrected chi connectivity index (χ2v) is 10.1. The van der Waals surface area contributed by atoms with Gasteiger partial charge in [-0.1, -0.05) is 36.8 Å². The largest absolute Gasteiger partial charge is 0.444 e. The third-order valence-electron chi connectivity index (χ3n) is 5.85. The van der Waals surface area contributed by atoms with Crippen molar-refractivity contribution in [1.82, 2.24) is 9.80 Å². The van der Waals surface area contributed by atoms with Crippen molar-refractivity contribution < 1.29 is 19.1 Å². The third-order valence-corrected chi connectivity index (χ3v) is 5.85. The predicted molar refractivity (Wildman–Crippen MR) is 142 cm³/mol. The van der Waals surface area contributed by atoms with Crippen LogP contribution in [0.15, 0.2) is 54.6 Å². The summed E-state index contributed by atoms with van der Waals surface area (Å²) in [5, 5.41) is 5.85. The predicted octanol–water partition coefficient (Wildman–Crippen LogP) is 5.51. The molecule has 0 bridgehead atoms. The molecule has 0 aromatic heterocycles. The average Bonchev–Trinajstić information content (AvgIpc) is 2.84. The lowest BCUT2D eigenvalue weighted by Gasteiger charge is -2.35. The molecule has 0 saturated carbocycles. The number of aryl methyl sites for hydroxylation is 1. The molecular formula is C28H38N4O4. The van der Waals surface area contributed by atoms with E-state index in [4.69, 9.17) is 4.74 Å². The highest BCUT2D eigenvalue weighted by Crippen LogP contribution is 2.16. The Hall–Kier alpha value is -3.55. The van der Waals surface area contributed by atoms with Crippen LogP contribution >= 0.6 is 0 Å². The van der Waals surface area contributed by atoms with E-state index >= 15 is 0 Å². The second kappa shape index (κ2) is 13.0. The van der Waals surface area contributed by atoms with Crippen LogP contribution in [0.1, 0.15) is 52.0 Å². The van der Waals surface area contributed by atoms with Gasteiger partial charge in [0.2, 0.25) is 5.91 Å². The number of hydrogen-bond donors (Lipinski definition) is 2. The van der Waals surface area contributed by atoms with Crippen LogP contribution in [0.2, 0.25) is 0 Å². The summed E-state index contributed by atoms with van der Waals surface area (Å²) in [6.07, 6.45) is 3.96. The molecule has 0 unspecified atom stereocenters. The topological polar surface area (TPSA) is 91.0 Å². The monoisotopic (exact) mass is 494 g/mol. The standard InChI is InChI=1S/C28H38N4O4/c1-28(2,3)36-27(35)32-20-18-31(19-21-32)26(34)30-24-16-14-22(15-17-24)10-6-4-9-13-25(33)29-23-11-7-5-8-12-23/h5,7-8,11-12,14-17H,4,6,9-10,13,18-21H2,1-3H3,(H,29,33)(H,30,34). The van der Waals surface area contributed by atoms with E-state index in [1.54, 1.807) is 9.80 Å². The number of nitrogens with one attached hydrogen (secondary N) is 2. The summed E-state index contributed by atoms with van der Waals surface area (Å²) in [4.78, 5) is 40.2. The van der Waals surface area contributed by atoms with Crippen molar-refractivity contribution in [2.24, 2.45) is 0 Å². The van der Waals surface area contributed by atoms with E-state index < -0.39 is 5.60 Å². The Balaban J connectivity index is 1.31. The lowest BCUT2D eigenvalue weighted by molar-refractivity contribution is -0.116. The van der Waals surface area contributed by atoms with E-state index in [0.717, 1.165) is 37.1 Å². The van der Waals surface area contributed by atoms with Gasteiger partial charge < -0.3 is 25.2 Å².